The van der Waals surface area contributed by atoms with Gasteiger partial charge in [-0.05, 0) is 31.6 Å². The summed E-state index contributed by atoms with van der Waals surface area (Å²) in [6.07, 6.45) is 47.1. The molecular formula is C68H132O17P2. The second-order valence-corrected chi connectivity index (χ2v) is 27.7. The Labute approximate surface area is 530 Å². The molecular weight excluding hydrogens is 1150 g/mol. The van der Waals surface area contributed by atoms with Gasteiger partial charge in [0.1, 0.15) is 19.3 Å². The van der Waals surface area contributed by atoms with Gasteiger partial charge in [-0.25, -0.2) is 9.13 Å². The Balaban J connectivity index is 5.23. The van der Waals surface area contributed by atoms with E-state index in [2.05, 4.69) is 34.6 Å². The highest BCUT2D eigenvalue weighted by Crippen LogP contribution is 2.45. The quantitative estimate of drug-likeness (QED) is 0.0222. The Morgan fingerprint density at radius 1 is 0.322 bits per heavy atom. The van der Waals surface area contributed by atoms with Crippen LogP contribution < -0.4 is 0 Å². The van der Waals surface area contributed by atoms with Crippen LogP contribution in [0.25, 0.3) is 0 Å². The normalized spacial score (nSPS) is 14.4. The lowest BCUT2D eigenvalue weighted by molar-refractivity contribution is -0.161. The van der Waals surface area contributed by atoms with Crippen LogP contribution in [0.5, 0.6) is 0 Å². The lowest BCUT2D eigenvalue weighted by atomic mass is 9.99. The highest BCUT2D eigenvalue weighted by Gasteiger charge is 2.30. The van der Waals surface area contributed by atoms with Gasteiger partial charge in [-0.3, -0.25) is 37.3 Å². The predicted octanol–water partition coefficient (Wildman–Crippen LogP) is 19.4. The first-order valence-corrected chi connectivity index (χ1v) is 38.7. The lowest BCUT2D eigenvalue weighted by Gasteiger charge is -2.21. The summed E-state index contributed by atoms with van der Waals surface area (Å²) in [5.74, 6) is -1.35. The molecule has 0 radical (unpaired) electrons. The zero-order chi connectivity index (χ0) is 64.2. The van der Waals surface area contributed by atoms with Crippen LogP contribution in [0, 0.1) is 5.92 Å². The number of phosphoric ester groups is 2. The Bertz CT molecular complexity index is 1690. The van der Waals surface area contributed by atoms with Crippen molar-refractivity contribution in [1.29, 1.82) is 0 Å². The van der Waals surface area contributed by atoms with Crippen molar-refractivity contribution in [2.75, 3.05) is 39.6 Å². The number of rotatable bonds is 68. The minimum Gasteiger partial charge on any atom is -0.462 e. The molecule has 3 unspecified atom stereocenters. The van der Waals surface area contributed by atoms with Crippen LogP contribution in [-0.2, 0) is 65.4 Å². The number of phosphoric acid groups is 2. The Hall–Kier alpha value is -1.94. The van der Waals surface area contributed by atoms with E-state index in [-0.39, 0.29) is 25.7 Å². The molecule has 87 heavy (non-hydrogen) atoms. The molecule has 0 rings (SSSR count). The molecule has 6 atom stereocenters. The van der Waals surface area contributed by atoms with Crippen molar-refractivity contribution in [1.82, 2.24) is 0 Å². The summed E-state index contributed by atoms with van der Waals surface area (Å²) in [5.41, 5.74) is 0. The SMILES string of the molecule is CCCCCCCCCCCCCCCCCC(=O)O[C@H](COC(=O)CCCCCCCCCCC(C)CC)COP(=O)(O)OC[C@@H](O)COP(=O)(O)OC[C@@H](COC(=O)CCCCCCCCCC)OC(=O)CCCCCCCCCCCCCC. The molecule has 0 bridgehead atoms. The molecule has 0 aromatic rings. The van der Waals surface area contributed by atoms with E-state index in [9.17, 15) is 43.2 Å². The van der Waals surface area contributed by atoms with Crippen molar-refractivity contribution in [2.24, 2.45) is 5.92 Å². The Morgan fingerprint density at radius 3 is 0.816 bits per heavy atom. The van der Waals surface area contributed by atoms with Gasteiger partial charge in [0, 0.05) is 25.7 Å². The van der Waals surface area contributed by atoms with Crippen LogP contribution in [0.3, 0.4) is 0 Å². The molecule has 0 heterocycles. The standard InChI is InChI=1S/C68H132O17P2/c1-6-10-13-16-19-22-24-26-27-28-30-32-39-44-49-54-68(73)85-64(58-79-66(71)52-47-42-37-34-33-35-40-45-50-61(5)9-4)60-83-87(76,77)81-56-62(69)55-80-86(74,75)82-59-63(57-78-65(70)51-46-41-36-21-18-15-12-8-3)84-67(72)53-48-43-38-31-29-25-23-20-17-14-11-7-2/h61-64,69H,6-60H2,1-5H3,(H,74,75)(H,76,77)/t61?,62-,63+,64+/m0/s1. The van der Waals surface area contributed by atoms with E-state index in [0.29, 0.717) is 25.7 Å². The first-order chi connectivity index (χ1) is 42.1. The molecule has 0 aliphatic rings. The van der Waals surface area contributed by atoms with Crippen LogP contribution in [0.1, 0.15) is 349 Å². The van der Waals surface area contributed by atoms with Crippen LogP contribution >= 0.6 is 15.6 Å². The smallest absolute Gasteiger partial charge is 0.462 e. The van der Waals surface area contributed by atoms with Gasteiger partial charge in [-0.2, -0.15) is 0 Å². The number of hydrogen-bond donors (Lipinski definition) is 3. The van der Waals surface area contributed by atoms with Gasteiger partial charge in [-0.15, -0.1) is 0 Å². The maximum atomic E-state index is 13.0. The summed E-state index contributed by atoms with van der Waals surface area (Å²) in [4.78, 5) is 72.4. The van der Waals surface area contributed by atoms with Crippen molar-refractivity contribution in [2.45, 2.75) is 368 Å². The number of ether oxygens (including phenoxy) is 4. The number of hydrogen-bond acceptors (Lipinski definition) is 15. The number of carbonyl (C=O) groups excluding carboxylic acids is 4. The van der Waals surface area contributed by atoms with E-state index < -0.39 is 97.5 Å². The molecule has 0 saturated heterocycles. The highest BCUT2D eigenvalue weighted by atomic mass is 31.2. The molecule has 19 heteroatoms. The second kappa shape index (κ2) is 61.6. The molecule has 516 valence electrons. The second-order valence-electron chi connectivity index (χ2n) is 24.8. The largest absolute Gasteiger partial charge is 0.472 e. The Kier molecular flexibility index (Phi) is 60.2. The van der Waals surface area contributed by atoms with Gasteiger partial charge in [0.25, 0.3) is 0 Å². The number of aliphatic hydroxyl groups is 1. The average molecular weight is 1280 g/mol. The van der Waals surface area contributed by atoms with E-state index >= 15 is 0 Å². The summed E-state index contributed by atoms with van der Waals surface area (Å²) in [6, 6.07) is 0. The zero-order valence-electron chi connectivity index (χ0n) is 56.2. The van der Waals surface area contributed by atoms with Gasteiger partial charge < -0.3 is 33.8 Å². The van der Waals surface area contributed by atoms with E-state index in [0.717, 1.165) is 102 Å². The fourth-order valence-electron chi connectivity index (χ4n) is 10.3. The fraction of sp³-hybridized carbons (Fsp3) is 0.941. The van der Waals surface area contributed by atoms with E-state index in [1.165, 1.54) is 167 Å². The topological polar surface area (TPSA) is 237 Å². The number of aliphatic hydroxyl groups excluding tert-OH is 1. The van der Waals surface area contributed by atoms with Crippen LogP contribution in [0.15, 0.2) is 0 Å². The first kappa shape index (κ1) is 85.1. The molecule has 0 amide bonds. The van der Waals surface area contributed by atoms with Crippen LogP contribution in [-0.4, -0.2) is 96.7 Å². The first-order valence-electron chi connectivity index (χ1n) is 35.7. The van der Waals surface area contributed by atoms with Gasteiger partial charge in [0.15, 0.2) is 12.2 Å². The maximum Gasteiger partial charge on any atom is 0.472 e. The molecule has 0 spiro atoms. The van der Waals surface area contributed by atoms with Gasteiger partial charge in [-0.1, -0.05) is 298 Å². The fourth-order valence-corrected chi connectivity index (χ4v) is 11.8. The van der Waals surface area contributed by atoms with Crippen LogP contribution in [0.2, 0.25) is 0 Å². The number of carbonyl (C=O) groups is 4. The summed E-state index contributed by atoms with van der Waals surface area (Å²) < 4.78 is 68.2. The lowest BCUT2D eigenvalue weighted by Crippen LogP contribution is -2.30. The number of esters is 4. The Morgan fingerprint density at radius 2 is 0.552 bits per heavy atom. The minimum absolute atomic E-state index is 0.107. The summed E-state index contributed by atoms with van der Waals surface area (Å²) >= 11 is 0. The predicted molar refractivity (Wildman–Crippen MR) is 349 cm³/mol. The third kappa shape index (κ3) is 61.3. The highest BCUT2D eigenvalue weighted by molar-refractivity contribution is 7.47. The molecule has 0 aliphatic carbocycles. The summed E-state index contributed by atoms with van der Waals surface area (Å²) in [7, 11) is -9.89. The molecule has 3 N–H and O–H groups in total. The van der Waals surface area contributed by atoms with E-state index in [1.54, 1.807) is 0 Å². The molecule has 0 saturated carbocycles. The van der Waals surface area contributed by atoms with Crippen molar-refractivity contribution >= 4 is 39.5 Å². The maximum absolute atomic E-state index is 13.0. The number of unbranched alkanes of at least 4 members (excludes halogenated alkanes) is 39. The molecule has 0 aromatic heterocycles. The minimum atomic E-state index is -4.95. The van der Waals surface area contributed by atoms with Gasteiger partial charge >= 0.3 is 39.5 Å². The van der Waals surface area contributed by atoms with Crippen LogP contribution in [0.4, 0.5) is 0 Å². The molecule has 0 aliphatic heterocycles. The third-order valence-electron chi connectivity index (χ3n) is 16.1. The van der Waals surface area contributed by atoms with Crippen molar-refractivity contribution in [3.8, 4) is 0 Å². The van der Waals surface area contributed by atoms with Crippen molar-refractivity contribution < 1.29 is 80.2 Å². The summed E-state index contributed by atoms with van der Waals surface area (Å²) in [5, 5.41) is 10.6. The summed E-state index contributed by atoms with van der Waals surface area (Å²) in [6.45, 7) is 7.21. The average Bonchev–Trinajstić information content (AvgIpc) is 3.60. The zero-order valence-corrected chi connectivity index (χ0v) is 57.9. The molecule has 0 aromatic carbocycles. The monoisotopic (exact) mass is 1280 g/mol. The van der Waals surface area contributed by atoms with Gasteiger partial charge in [0.2, 0.25) is 0 Å². The van der Waals surface area contributed by atoms with E-state index in [1.807, 2.05) is 0 Å². The van der Waals surface area contributed by atoms with Crippen molar-refractivity contribution in [3.05, 3.63) is 0 Å². The third-order valence-corrected chi connectivity index (χ3v) is 18.0. The van der Waals surface area contributed by atoms with E-state index in [4.69, 9.17) is 37.0 Å². The van der Waals surface area contributed by atoms with Gasteiger partial charge in [0.05, 0.1) is 26.4 Å². The van der Waals surface area contributed by atoms with Crippen molar-refractivity contribution in [3.63, 3.8) is 0 Å². The molecule has 0 fully saturated rings. The molecule has 17 nitrogen and oxygen atoms in total.